The van der Waals surface area contributed by atoms with Crippen molar-refractivity contribution in [3.8, 4) is 23.8 Å². The van der Waals surface area contributed by atoms with Gasteiger partial charge in [-0.25, -0.2) is 0 Å². The van der Waals surface area contributed by atoms with Crippen molar-refractivity contribution < 1.29 is 13.6 Å². The topological polar surface area (TPSA) is 122 Å². The number of thiophene rings is 1. The number of nitrogens with zero attached hydrogens (tertiary/aromatic N) is 5. The van der Waals surface area contributed by atoms with Crippen LogP contribution in [0.15, 0.2) is 27.2 Å². The molecule has 0 spiro atoms. The lowest BCUT2D eigenvalue weighted by atomic mass is 10.1. The highest BCUT2D eigenvalue weighted by atomic mass is 32.1. The number of piperazine rings is 1. The Morgan fingerprint density at radius 1 is 1.17 bits per heavy atom. The molecule has 1 saturated heterocycles. The predicted molar refractivity (Wildman–Crippen MR) is 131 cm³/mol. The quantitative estimate of drug-likeness (QED) is 0.529. The number of aromatic nitrogens is 1. The minimum absolute atomic E-state index is 0.108. The van der Waals surface area contributed by atoms with Crippen LogP contribution in [-0.4, -0.2) is 48.0 Å². The second kappa shape index (κ2) is 9.95. The van der Waals surface area contributed by atoms with Gasteiger partial charge >= 0.3 is 0 Å². The van der Waals surface area contributed by atoms with Crippen LogP contribution in [0.5, 0.6) is 0 Å². The van der Waals surface area contributed by atoms with Crippen LogP contribution in [-0.2, 0) is 17.6 Å². The summed E-state index contributed by atoms with van der Waals surface area (Å²) in [7, 11) is 0. The van der Waals surface area contributed by atoms with Crippen molar-refractivity contribution in [1.82, 2.24) is 9.88 Å². The average Bonchev–Trinajstić information content (AvgIpc) is 3.59. The van der Waals surface area contributed by atoms with Crippen LogP contribution in [0.25, 0.3) is 11.7 Å². The maximum Gasteiger partial charge on any atom is 0.266 e. The normalized spacial score (nSPS) is 17.2. The van der Waals surface area contributed by atoms with E-state index in [2.05, 4.69) is 27.3 Å². The summed E-state index contributed by atoms with van der Waals surface area (Å²) >= 11 is 1.56. The number of nitrogens with one attached hydrogen (secondary N) is 1. The number of rotatable bonds is 5. The molecule has 1 aliphatic carbocycles. The van der Waals surface area contributed by atoms with Gasteiger partial charge in [-0.15, -0.1) is 11.3 Å². The highest BCUT2D eigenvalue weighted by Crippen LogP contribution is 2.37. The first-order valence-electron chi connectivity index (χ1n) is 11.9. The smallest absolute Gasteiger partial charge is 0.266 e. The third kappa shape index (κ3) is 4.55. The first-order chi connectivity index (χ1) is 17.1. The second-order valence-electron chi connectivity index (χ2n) is 8.83. The molecule has 9 nitrogen and oxygen atoms in total. The van der Waals surface area contributed by atoms with Crippen molar-refractivity contribution in [3.63, 3.8) is 0 Å². The van der Waals surface area contributed by atoms with Crippen LogP contribution in [0.1, 0.15) is 47.9 Å². The number of oxazole rings is 1. The minimum atomic E-state index is -0.352. The Morgan fingerprint density at radius 2 is 1.97 bits per heavy atom. The Labute approximate surface area is 207 Å². The van der Waals surface area contributed by atoms with E-state index in [9.17, 15) is 15.3 Å². The maximum atomic E-state index is 13.1. The molecule has 1 atom stereocenters. The van der Waals surface area contributed by atoms with Gasteiger partial charge in [0, 0.05) is 31.1 Å². The molecule has 1 amide bonds. The average molecular weight is 491 g/mol. The van der Waals surface area contributed by atoms with Gasteiger partial charge in [0.25, 0.3) is 5.89 Å². The number of carbonyl (C=O) groups excluding carboxylic acids is 1. The van der Waals surface area contributed by atoms with Gasteiger partial charge in [0.2, 0.25) is 17.5 Å². The summed E-state index contributed by atoms with van der Waals surface area (Å²) in [5, 5.41) is 23.0. The molecule has 3 aromatic rings. The van der Waals surface area contributed by atoms with Crippen molar-refractivity contribution in [2.24, 2.45) is 0 Å². The largest absolute Gasteiger partial charge is 0.459 e. The van der Waals surface area contributed by atoms with Crippen LogP contribution in [0.3, 0.4) is 0 Å². The molecule has 0 bridgehead atoms. The third-order valence-electron chi connectivity index (χ3n) is 6.75. The maximum absolute atomic E-state index is 13.1. The van der Waals surface area contributed by atoms with Gasteiger partial charge in [-0.05, 0) is 50.3 Å². The molecule has 4 heterocycles. The molecular weight excluding hydrogens is 464 g/mol. The number of hydrogen-bond donors (Lipinski definition) is 1. The van der Waals surface area contributed by atoms with Gasteiger partial charge in [0.1, 0.15) is 17.1 Å². The van der Waals surface area contributed by atoms with Gasteiger partial charge in [0.05, 0.1) is 17.9 Å². The highest BCUT2D eigenvalue weighted by Gasteiger charge is 2.30. The van der Waals surface area contributed by atoms with Gasteiger partial charge in [-0.1, -0.05) is 6.42 Å². The predicted octanol–water partition coefficient (Wildman–Crippen LogP) is 4.16. The van der Waals surface area contributed by atoms with Crippen LogP contribution >= 0.6 is 11.3 Å². The van der Waals surface area contributed by atoms with Crippen molar-refractivity contribution in [3.05, 3.63) is 40.1 Å². The van der Waals surface area contributed by atoms with Crippen LogP contribution in [0.2, 0.25) is 0 Å². The Balaban J connectivity index is 1.23. The number of aryl methyl sites for hydroxylation is 1. The van der Waals surface area contributed by atoms with Crippen molar-refractivity contribution in [1.29, 1.82) is 10.5 Å². The summed E-state index contributed by atoms with van der Waals surface area (Å²) in [6, 6.07) is 7.55. The SMILES string of the molecule is CC(C(=O)Nc1sc2c(c1C#N)CCCCC2)N1CCN(c2oc(-c3ccco3)nc2C#N)CC1. The number of anilines is 2. The number of amides is 1. The molecule has 1 unspecified atom stereocenters. The minimum Gasteiger partial charge on any atom is -0.459 e. The monoisotopic (exact) mass is 490 g/mol. The fourth-order valence-electron chi connectivity index (χ4n) is 4.75. The van der Waals surface area contributed by atoms with E-state index in [-0.39, 0.29) is 23.5 Å². The van der Waals surface area contributed by atoms with Gasteiger partial charge in [-0.3, -0.25) is 9.69 Å². The van der Waals surface area contributed by atoms with Crippen LogP contribution in [0.4, 0.5) is 10.9 Å². The molecule has 1 fully saturated rings. The first kappa shape index (κ1) is 23.2. The molecule has 0 saturated carbocycles. The second-order valence-corrected chi connectivity index (χ2v) is 9.94. The number of furan rings is 1. The highest BCUT2D eigenvalue weighted by molar-refractivity contribution is 7.16. The molecule has 5 rings (SSSR count). The fourth-order valence-corrected chi connectivity index (χ4v) is 5.99. The van der Waals surface area contributed by atoms with E-state index >= 15 is 0 Å². The molecule has 0 radical (unpaired) electrons. The Kier molecular flexibility index (Phi) is 6.58. The standard InChI is InChI=1S/C25H26N6O3S/c1-16(22(32)29-24-18(14-26)17-6-3-2-4-8-21(17)35-24)30-9-11-31(12-10-30)25-19(15-27)28-23(34-25)20-7-5-13-33-20/h5,7,13,16H,2-4,6,8-12H2,1H3,(H,29,32). The van der Waals surface area contributed by atoms with Crippen molar-refractivity contribution >= 4 is 28.1 Å². The Hall–Kier alpha value is -3.60. The Morgan fingerprint density at radius 3 is 2.69 bits per heavy atom. The summed E-state index contributed by atoms with van der Waals surface area (Å²) < 4.78 is 11.2. The van der Waals surface area contributed by atoms with Gasteiger partial charge in [0.15, 0.2) is 5.76 Å². The molecule has 2 aliphatic rings. The van der Waals surface area contributed by atoms with Gasteiger partial charge < -0.3 is 19.1 Å². The van der Waals surface area contributed by atoms with Crippen LogP contribution in [0, 0.1) is 22.7 Å². The fraction of sp³-hybridized carbons (Fsp3) is 0.440. The lowest BCUT2D eigenvalue weighted by Crippen LogP contribution is -2.52. The first-order valence-corrected chi connectivity index (χ1v) is 12.7. The van der Waals surface area contributed by atoms with Gasteiger partial charge in [-0.2, -0.15) is 15.5 Å². The molecule has 10 heteroatoms. The van der Waals surface area contributed by atoms with E-state index in [1.165, 1.54) is 17.6 Å². The van der Waals surface area contributed by atoms with E-state index < -0.39 is 0 Å². The van der Waals surface area contributed by atoms with E-state index in [0.717, 1.165) is 31.2 Å². The summed E-state index contributed by atoms with van der Waals surface area (Å²) in [4.78, 5) is 22.7. The van der Waals surface area contributed by atoms with E-state index in [0.29, 0.717) is 48.4 Å². The third-order valence-corrected chi connectivity index (χ3v) is 7.95. The summed E-state index contributed by atoms with van der Waals surface area (Å²) in [5.74, 6) is 1.07. The lowest BCUT2D eigenvalue weighted by Gasteiger charge is -2.37. The molecular formula is C25H26N6O3S. The summed E-state index contributed by atoms with van der Waals surface area (Å²) in [5.41, 5.74) is 1.98. The Bertz CT molecular complexity index is 1290. The number of hydrogen-bond acceptors (Lipinski definition) is 9. The van der Waals surface area contributed by atoms with Crippen LogP contribution < -0.4 is 10.2 Å². The molecule has 1 aliphatic heterocycles. The number of fused-ring (bicyclic) bond motifs is 1. The summed E-state index contributed by atoms with van der Waals surface area (Å²) in [6.45, 7) is 4.33. The van der Waals surface area contributed by atoms with E-state index in [1.54, 1.807) is 23.5 Å². The van der Waals surface area contributed by atoms with Crippen molar-refractivity contribution in [2.75, 3.05) is 36.4 Å². The van der Waals surface area contributed by atoms with E-state index in [4.69, 9.17) is 8.83 Å². The zero-order valence-corrected chi connectivity index (χ0v) is 20.4. The summed E-state index contributed by atoms with van der Waals surface area (Å²) in [6.07, 6.45) is 6.84. The number of carbonyl (C=O) groups is 1. The molecule has 180 valence electrons. The zero-order chi connectivity index (χ0) is 24.4. The molecule has 35 heavy (non-hydrogen) atoms. The van der Waals surface area contributed by atoms with E-state index in [1.807, 2.05) is 11.8 Å². The molecule has 1 N–H and O–H groups in total. The molecule has 3 aromatic heterocycles. The van der Waals surface area contributed by atoms with Crippen molar-refractivity contribution in [2.45, 2.75) is 45.1 Å². The lowest BCUT2D eigenvalue weighted by molar-refractivity contribution is -0.120. The number of nitriles is 2. The zero-order valence-electron chi connectivity index (χ0n) is 19.5. The molecule has 0 aromatic carbocycles.